The van der Waals surface area contributed by atoms with Gasteiger partial charge in [0.2, 0.25) is 0 Å². The van der Waals surface area contributed by atoms with Crippen LogP contribution < -0.4 is 9.64 Å². The first-order valence-electron chi connectivity index (χ1n) is 10.6. The van der Waals surface area contributed by atoms with Crippen molar-refractivity contribution in [2.45, 2.75) is 70.7 Å². The molecule has 2 aliphatic rings. The monoisotopic (exact) mass is 415 g/mol. The van der Waals surface area contributed by atoms with Crippen LogP contribution in [0.15, 0.2) is 36.4 Å². The molecule has 1 saturated heterocycles. The van der Waals surface area contributed by atoms with Crippen molar-refractivity contribution in [3.8, 4) is 5.75 Å². The van der Waals surface area contributed by atoms with E-state index >= 15 is 0 Å². The highest BCUT2D eigenvalue weighted by atomic mass is 19.1. The summed E-state index contributed by atoms with van der Waals surface area (Å²) in [6.07, 6.45) is -1.09. The van der Waals surface area contributed by atoms with E-state index in [9.17, 15) is 14.6 Å². The summed E-state index contributed by atoms with van der Waals surface area (Å²) in [7, 11) is 0. The van der Waals surface area contributed by atoms with Gasteiger partial charge in [-0.2, -0.15) is 0 Å². The Morgan fingerprint density at radius 1 is 1.20 bits per heavy atom. The van der Waals surface area contributed by atoms with Gasteiger partial charge in [0.05, 0.1) is 18.3 Å². The van der Waals surface area contributed by atoms with Gasteiger partial charge in [0.1, 0.15) is 11.6 Å². The summed E-state index contributed by atoms with van der Waals surface area (Å²) in [6.45, 7) is 6.96. The lowest BCUT2D eigenvalue weighted by Crippen LogP contribution is -2.40. The Morgan fingerprint density at radius 3 is 2.70 bits per heavy atom. The molecule has 6 heteroatoms. The van der Waals surface area contributed by atoms with Crippen LogP contribution in [0.1, 0.15) is 49.3 Å². The summed E-state index contributed by atoms with van der Waals surface area (Å²) in [4.78, 5) is 2.16. The van der Waals surface area contributed by atoms with E-state index in [2.05, 4.69) is 17.9 Å². The summed E-state index contributed by atoms with van der Waals surface area (Å²) in [5.41, 5.74) is 3.95. The van der Waals surface area contributed by atoms with Gasteiger partial charge in [-0.15, -0.1) is 0 Å². The normalized spacial score (nSPS) is 26.2. The fourth-order valence-corrected chi connectivity index (χ4v) is 4.68. The molecular weight excluding hydrogens is 385 g/mol. The Bertz CT molecular complexity index is 893. The average molecular weight is 416 g/mol. The third kappa shape index (κ3) is 4.31. The summed E-state index contributed by atoms with van der Waals surface area (Å²) in [5.74, 6) is 0.253. The molecule has 5 nitrogen and oxygen atoms in total. The molecule has 4 atom stereocenters. The van der Waals surface area contributed by atoms with Gasteiger partial charge >= 0.3 is 0 Å². The number of aliphatic hydroxyl groups is 2. The molecule has 30 heavy (non-hydrogen) atoms. The molecule has 2 aliphatic heterocycles. The number of nitrogens with zero attached hydrogens (tertiary/aromatic N) is 1. The molecule has 0 amide bonds. The van der Waals surface area contributed by atoms with Gasteiger partial charge in [-0.1, -0.05) is 18.2 Å². The van der Waals surface area contributed by atoms with Gasteiger partial charge in [-0.25, -0.2) is 4.39 Å². The fourth-order valence-electron chi connectivity index (χ4n) is 4.68. The molecule has 2 unspecified atom stereocenters. The summed E-state index contributed by atoms with van der Waals surface area (Å²) >= 11 is 0. The van der Waals surface area contributed by atoms with Crippen LogP contribution in [-0.2, 0) is 11.3 Å². The number of aliphatic hydroxyl groups excluding tert-OH is 2. The maximum Gasteiger partial charge on any atom is 0.157 e. The lowest BCUT2D eigenvalue weighted by Gasteiger charge is -2.34. The fraction of sp³-hybridized carbons (Fsp3) is 0.500. The molecule has 162 valence electrons. The first-order valence-corrected chi connectivity index (χ1v) is 10.6. The van der Waals surface area contributed by atoms with Crippen LogP contribution in [-0.4, -0.2) is 41.4 Å². The number of benzene rings is 2. The number of rotatable bonds is 5. The Hall–Kier alpha value is -2.15. The molecule has 2 aromatic carbocycles. The smallest absolute Gasteiger partial charge is 0.157 e. The number of hydrogen-bond acceptors (Lipinski definition) is 5. The molecule has 0 aliphatic carbocycles. The zero-order chi connectivity index (χ0) is 21.4. The zero-order valence-electron chi connectivity index (χ0n) is 17.7. The summed E-state index contributed by atoms with van der Waals surface area (Å²) in [5, 5.41) is 20.1. The van der Waals surface area contributed by atoms with Crippen molar-refractivity contribution in [1.29, 1.82) is 0 Å². The van der Waals surface area contributed by atoms with Crippen LogP contribution in [0.5, 0.6) is 5.75 Å². The predicted octanol–water partition coefficient (Wildman–Crippen LogP) is 3.88. The quantitative estimate of drug-likeness (QED) is 0.776. The third-order valence-electron chi connectivity index (χ3n) is 5.95. The first-order chi connectivity index (χ1) is 14.3. The number of aryl methyl sites for hydroxylation is 1. The second kappa shape index (κ2) is 8.53. The SMILES string of the molecule is Cc1cccc2c1C([C@H]1CC(O)C[C@@H](O)O1)CN2Cc1ccc(OC(C)C)cc1F. The van der Waals surface area contributed by atoms with Crippen molar-refractivity contribution in [2.24, 2.45) is 0 Å². The molecule has 0 bridgehead atoms. The van der Waals surface area contributed by atoms with Gasteiger partial charge in [-0.3, -0.25) is 0 Å². The molecule has 1 fully saturated rings. The minimum Gasteiger partial charge on any atom is -0.491 e. The van der Waals surface area contributed by atoms with E-state index in [0.29, 0.717) is 30.8 Å². The highest BCUT2D eigenvalue weighted by Crippen LogP contribution is 2.44. The van der Waals surface area contributed by atoms with Crippen molar-refractivity contribution in [2.75, 3.05) is 11.4 Å². The Kier molecular flexibility index (Phi) is 6.00. The van der Waals surface area contributed by atoms with Crippen LogP contribution in [0.4, 0.5) is 10.1 Å². The van der Waals surface area contributed by atoms with Crippen LogP contribution in [0.2, 0.25) is 0 Å². The first kappa shape index (κ1) is 21.1. The standard InChI is InChI=1S/C24H30FNO4/c1-14(2)29-18-8-7-16(20(25)11-18)12-26-13-19(22-9-17(27)10-23(28)30-22)24-15(3)5-4-6-21(24)26/h4-8,11,14,17,19,22-23,27-28H,9-10,12-13H2,1-3H3/t17?,19?,22-,23+/m1/s1. The van der Waals surface area contributed by atoms with E-state index in [0.717, 1.165) is 16.8 Å². The molecule has 2 heterocycles. The number of halogens is 1. The maximum absolute atomic E-state index is 14.8. The number of anilines is 1. The van der Waals surface area contributed by atoms with Crippen LogP contribution in [0.25, 0.3) is 0 Å². The molecule has 2 aromatic rings. The van der Waals surface area contributed by atoms with Gasteiger partial charge in [0, 0.05) is 49.2 Å². The van der Waals surface area contributed by atoms with E-state index in [1.807, 2.05) is 26.0 Å². The molecule has 0 saturated carbocycles. The zero-order valence-corrected chi connectivity index (χ0v) is 17.7. The predicted molar refractivity (Wildman–Crippen MR) is 113 cm³/mol. The Morgan fingerprint density at radius 2 is 2.00 bits per heavy atom. The number of fused-ring (bicyclic) bond motifs is 1. The van der Waals surface area contributed by atoms with Crippen molar-refractivity contribution in [1.82, 2.24) is 0 Å². The van der Waals surface area contributed by atoms with E-state index in [1.165, 1.54) is 6.07 Å². The second-order valence-electron chi connectivity index (χ2n) is 8.67. The largest absolute Gasteiger partial charge is 0.491 e. The van der Waals surface area contributed by atoms with Gasteiger partial charge in [0.25, 0.3) is 0 Å². The molecule has 0 aromatic heterocycles. The summed E-state index contributed by atoms with van der Waals surface area (Å²) < 4.78 is 26.2. The lowest BCUT2D eigenvalue weighted by atomic mass is 9.87. The molecular formula is C24H30FNO4. The molecule has 2 N–H and O–H groups in total. The van der Waals surface area contributed by atoms with Crippen LogP contribution in [0.3, 0.4) is 0 Å². The molecule has 0 radical (unpaired) electrons. The molecule has 0 spiro atoms. The Labute approximate surface area is 177 Å². The van der Waals surface area contributed by atoms with Gasteiger partial charge < -0.3 is 24.6 Å². The summed E-state index contributed by atoms with van der Waals surface area (Å²) in [6, 6.07) is 11.1. The highest BCUT2D eigenvalue weighted by molar-refractivity contribution is 5.63. The van der Waals surface area contributed by atoms with Crippen molar-refractivity contribution in [3.63, 3.8) is 0 Å². The third-order valence-corrected chi connectivity index (χ3v) is 5.95. The second-order valence-corrected chi connectivity index (χ2v) is 8.67. The van der Waals surface area contributed by atoms with E-state index in [-0.39, 0.29) is 30.4 Å². The average Bonchev–Trinajstić information content (AvgIpc) is 3.03. The van der Waals surface area contributed by atoms with Crippen LogP contribution >= 0.6 is 0 Å². The van der Waals surface area contributed by atoms with Crippen LogP contribution in [0, 0.1) is 12.7 Å². The van der Waals surface area contributed by atoms with Crippen molar-refractivity contribution in [3.05, 3.63) is 58.9 Å². The lowest BCUT2D eigenvalue weighted by molar-refractivity contribution is -0.193. The van der Waals surface area contributed by atoms with Gasteiger partial charge in [-0.05, 0) is 44.0 Å². The van der Waals surface area contributed by atoms with E-state index in [4.69, 9.17) is 9.47 Å². The number of ether oxygens (including phenoxy) is 2. The van der Waals surface area contributed by atoms with Crippen molar-refractivity contribution >= 4 is 5.69 Å². The molecule has 4 rings (SSSR count). The van der Waals surface area contributed by atoms with E-state index in [1.54, 1.807) is 12.1 Å². The van der Waals surface area contributed by atoms with Gasteiger partial charge in [0.15, 0.2) is 6.29 Å². The minimum atomic E-state index is -0.953. The Balaban J connectivity index is 1.59. The highest BCUT2D eigenvalue weighted by Gasteiger charge is 2.40. The number of hydrogen-bond donors (Lipinski definition) is 2. The topological polar surface area (TPSA) is 62.2 Å². The minimum absolute atomic E-state index is 0.00867. The maximum atomic E-state index is 14.8. The van der Waals surface area contributed by atoms with Crippen molar-refractivity contribution < 1.29 is 24.1 Å². The van der Waals surface area contributed by atoms with E-state index < -0.39 is 12.4 Å².